The lowest BCUT2D eigenvalue weighted by Crippen LogP contribution is -2.47. The van der Waals surface area contributed by atoms with Crippen molar-refractivity contribution in [1.29, 1.82) is 0 Å². The third kappa shape index (κ3) is 4.23. The third-order valence-electron chi connectivity index (χ3n) is 4.48. The number of piperazine rings is 1. The molecule has 0 aliphatic carbocycles. The van der Waals surface area contributed by atoms with E-state index in [-0.39, 0.29) is 11.5 Å². The van der Waals surface area contributed by atoms with Crippen LogP contribution in [0, 0.1) is 11.7 Å². The second-order valence-corrected chi connectivity index (χ2v) is 6.20. The Balaban J connectivity index is 2.48. The van der Waals surface area contributed by atoms with Gasteiger partial charge in [-0.2, -0.15) is 13.2 Å². The lowest BCUT2D eigenvalue weighted by molar-refractivity contribution is -0.141. The Bertz CT molecular complexity index is 510. The van der Waals surface area contributed by atoms with Gasteiger partial charge < -0.3 is 5.32 Å². The molecule has 1 N–H and O–H groups in total. The summed E-state index contributed by atoms with van der Waals surface area (Å²) in [7, 11) is 0. The first kappa shape index (κ1) is 18.2. The SMILES string of the molecule is CCCC(C)[C@H](c1cccc(F)c1C(F)(F)F)N1CCNCC1. The first-order chi connectivity index (χ1) is 10.9. The molecule has 6 heteroatoms. The van der Waals surface area contributed by atoms with E-state index < -0.39 is 23.6 Å². The number of hydrogen-bond donors (Lipinski definition) is 1. The van der Waals surface area contributed by atoms with Crippen molar-refractivity contribution < 1.29 is 17.6 Å². The molecule has 2 atom stereocenters. The summed E-state index contributed by atoms with van der Waals surface area (Å²) in [6.45, 7) is 6.81. The molecular formula is C17H24F4N2. The second kappa shape index (κ2) is 7.62. The number of nitrogens with zero attached hydrogens (tertiary/aromatic N) is 1. The minimum Gasteiger partial charge on any atom is -0.314 e. The van der Waals surface area contributed by atoms with Crippen LogP contribution in [0.1, 0.15) is 43.9 Å². The molecule has 0 radical (unpaired) electrons. The summed E-state index contributed by atoms with van der Waals surface area (Å²) in [5.74, 6) is -1.15. The fraction of sp³-hybridized carbons (Fsp3) is 0.647. The van der Waals surface area contributed by atoms with Crippen molar-refractivity contribution in [1.82, 2.24) is 10.2 Å². The summed E-state index contributed by atoms with van der Waals surface area (Å²) < 4.78 is 54.2. The molecule has 0 bridgehead atoms. The molecule has 130 valence electrons. The Kier molecular flexibility index (Phi) is 6.03. The monoisotopic (exact) mass is 332 g/mol. The van der Waals surface area contributed by atoms with Crippen LogP contribution in [0.2, 0.25) is 0 Å². The van der Waals surface area contributed by atoms with E-state index in [9.17, 15) is 17.6 Å². The molecule has 2 rings (SSSR count). The molecule has 2 nitrogen and oxygen atoms in total. The van der Waals surface area contributed by atoms with Crippen LogP contribution in [0.5, 0.6) is 0 Å². The van der Waals surface area contributed by atoms with Crippen LogP contribution in [0.4, 0.5) is 17.6 Å². The molecule has 1 unspecified atom stereocenters. The first-order valence-corrected chi connectivity index (χ1v) is 8.16. The molecule has 0 aromatic heterocycles. The largest absolute Gasteiger partial charge is 0.419 e. The standard InChI is InChI=1S/C17H24F4N2/c1-3-5-12(2)16(23-10-8-22-9-11-23)13-6-4-7-14(18)15(13)17(19,20)21/h4,6-7,12,16,22H,3,5,8-11H2,1-2H3/t12?,16-/m1/s1. The molecule has 1 fully saturated rings. The highest BCUT2D eigenvalue weighted by atomic mass is 19.4. The van der Waals surface area contributed by atoms with Crippen molar-refractivity contribution in [3.63, 3.8) is 0 Å². The number of nitrogens with one attached hydrogen (secondary N) is 1. The van der Waals surface area contributed by atoms with Gasteiger partial charge in [0.1, 0.15) is 5.82 Å². The van der Waals surface area contributed by atoms with Crippen molar-refractivity contribution in [2.24, 2.45) is 5.92 Å². The summed E-state index contributed by atoms with van der Waals surface area (Å²) in [5, 5.41) is 3.21. The van der Waals surface area contributed by atoms with Crippen LogP contribution in [-0.2, 0) is 6.18 Å². The summed E-state index contributed by atoms with van der Waals surface area (Å²) in [6.07, 6.45) is -2.98. The van der Waals surface area contributed by atoms with E-state index in [1.165, 1.54) is 12.1 Å². The molecule has 1 aromatic carbocycles. The molecule has 0 saturated carbocycles. The second-order valence-electron chi connectivity index (χ2n) is 6.20. The summed E-state index contributed by atoms with van der Waals surface area (Å²) >= 11 is 0. The Hall–Kier alpha value is -1.14. The molecule has 1 aliphatic rings. The van der Waals surface area contributed by atoms with Crippen LogP contribution >= 0.6 is 0 Å². The van der Waals surface area contributed by atoms with Gasteiger partial charge in [0.05, 0.1) is 5.56 Å². The van der Waals surface area contributed by atoms with Gasteiger partial charge in [-0.1, -0.05) is 32.4 Å². The van der Waals surface area contributed by atoms with Crippen LogP contribution in [-0.4, -0.2) is 31.1 Å². The van der Waals surface area contributed by atoms with E-state index in [4.69, 9.17) is 0 Å². The number of alkyl halides is 3. The highest BCUT2D eigenvalue weighted by Gasteiger charge is 2.40. The zero-order valence-corrected chi connectivity index (χ0v) is 13.6. The Morgan fingerprint density at radius 1 is 1.22 bits per heavy atom. The van der Waals surface area contributed by atoms with Gasteiger partial charge in [-0.25, -0.2) is 4.39 Å². The lowest BCUT2D eigenvalue weighted by Gasteiger charge is -2.39. The minimum absolute atomic E-state index is 0.0287. The van der Waals surface area contributed by atoms with Crippen LogP contribution in [0.15, 0.2) is 18.2 Å². The van der Waals surface area contributed by atoms with Gasteiger partial charge >= 0.3 is 6.18 Å². The Morgan fingerprint density at radius 3 is 2.43 bits per heavy atom. The van der Waals surface area contributed by atoms with Gasteiger partial charge in [0.25, 0.3) is 0 Å². The maximum atomic E-state index is 14.0. The van der Waals surface area contributed by atoms with E-state index in [2.05, 4.69) is 10.2 Å². The Morgan fingerprint density at radius 2 is 1.87 bits per heavy atom. The minimum atomic E-state index is -4.68. The van der Waals surface area contributed by atoms with E-state index in [1.54, 1.807) is 0 Å². The molecular weight excluding hydrogens is 308 g/mol. The lowest BCUT2D eigenvalue weighted by atomic mass is 9.86. The molecule has 1 aliphatic heterocycles. The zero-order chi connectivity index (χ0) is 17.0. The third-order valence-corrected chi connectivity index (χ3v) is 4.48. The van der Waals surface area contributed by atoms with Gasteiger partial charge in [-0.15, -0.1) is 0 Å². The van der Waals surface area contributed by atoms with E-state index >= 15 is 0 Å². The maximum absolute atomic E-state index is 14.0. The van der Waals surface area contributed by atoms with Crippen molar-refractivity contribution in [2.45, 2.75) is 38.9 Å². The molecule has 1 heterocycles. The topological polar surface area (TPSA) is 15.3 Å². The summed E-state index contributed by atoms with van der Waals surface area (Å²) in [5.41, 5.74) is -1.04. The van der Waals surface area contributed by atoms with Crippen molar-refractivity contribution in [3.8, 4) is 0 Å². The fourth-order valence-corrected chi connectivity index (χ4v) is 3.52. The van der Waals surface area contributed by atoms with E-state index in [1.807, 2.05) is 13.8 Å². The van der Waals surface area contributed by atoms with Crippen molar-refractivity contribution in [2.75, 3.05) is 26.2 Å². The van der Waals surface area contributed by atoms with Gasteiger partial charge in [-0.3, -0.25) is 4.90 Å². The fourth-order valence-electron chi connectivity index (χ4n) is 3.52. The van der Waals surface area contributed by atoms with Crippen LogP contribution < -0.4 is 5.32 Å². The van der Waals surface area contributed by atoms with Gasteiger partial charge in [0, 0.05) is 32.2 Å². The maximum Gasteiger partial charge on any atom is 0.419 e. The summed E-state index contributed by atoms with van der Waals surface area (Å²) in [4.78, 5) is 2.06. The van der Waals surface area contributed by atoms with Gasteiger partial charge in [-0.05, 0) is 24.0 Å². The average molecular weight is 332 g/mol. The summed E-state index contributed by atoms with van der Waals surface area (Å²) in [6, 6.07) is 3.30. The molecule has 0 amide bonds. The van der Waals surface area contributed by atoms with Crippen LogP contribution in [0.25, 0.3) is 0 Å². The number of benzene rings is 1. The number of rotatable bonds is 5. The number of hydrogen-bond acceptors (Lipinski definition) is 2. The van der Waals surface area contributed by atoms with Crippen molar-refractivity contribution in [3.05, 3.63) is 35.1 Å². The van der Waals surface area contributed by atoms with Gasteiger partial charge in [0.2, 0.25) is 0 Å². The molecule has 0 spiro atoms. The first-order valence-electron chi connectivity index (χ1n) is 8.16. The highest BCUT2D eigenvalue weighted by Crippen LogP contribution is 2.41. The smallest absolute Gasteiger partial charge is 0.314 e. The predicted molar refractivity (Wildman–Crippen MR) is 82.7 cm³/mol. The zero-order valence-electron chi connectivity index (χ0n) is 13.6. The normalized spacial score (nSPS) is 19.6. The molecule has 23 heavy (non-hydrogen) atoms. The quantitative estimate of drug-likeness (QED) is 0.812. The molecule has 1 saturated heterocycles. The van der Waals surface area contributed by atoms with E-state index in [0.717, 1.165) is 32.0 Å². The number of halogens is 4. The van der Waals surface area contributed by atoms with E-state index in [0.29, 0.717) is 13.1 Å². The average Bonchev–Trinajstić information content (AvgIpc) is 2.47. The predicted octanol–water partition coefficient (Wildman–Crippen LogP) is 4.23. The van der Waals surface area contributed by atoms with Crippen LogP contribution in [0.3, 0.4) is 0 Å². The van der Waals surface area contributed by atoms with Crippen molar-refractivity contribution >= 4 is 0 Å². The van der Waals surface area contributed by atoms with Gasteiger partial charge in [0.15, 0.2) is 0 Å². The molecule has 1 aromatic rings. The Labute approximate surface area is 134 Å². The highest BCUT2D eigenvalue weighted by molar-refractivity contribution is 5.34.